The summed E-state index contributed by atoms with van der Waals surface area (Å²) in [5.74, 6) is -1.62. The van der Waals surface area contributed by atoms with Crippen LogP contribution in [0.15, 0.2) is 269 Å². The number of aryl methyl sites for hydroxylation is 1. The Balaban J connectivity index is 0.000000173. The van der Waals surface area contributed by atoms with E-state index in [1.165, 1.54) is 78.9 Å². The van der Waals surface area contributed by atoms with Gasteiger partial charge in [-0.3, -0.25) is 39.1 Å². The van der Waals surface area contributed by atoms with Gasteiger partial charge >= 0.3 is 0 Å². The second kappa shape index (κ2) is 38.5. The molecule has 0 atom stereocenters. The van der Waals surface area contributed by atoms with Crippen LogP contribution in [0.1, 0.15) is 88.5 Å². The number of benzene rings is 8. The van der Waals surface area contributed by atoms with Crippen LogP contribution in [0.4, 0.5) is 22.7 Å². The Labute approximate surface area is 686 Å². The van der Waals surface area contributed by atoms with E-state index < -0.39 is 61.7 Å². The van der Waals surface area contributed by atoms with Crippen molar-refractivity contribution in [2.45, 2.75) is 78.5 Å². The van der Waals surface area contributed by atoms with Gasteiger partial charge in [-0.25, -0.2) is 33.7 Å². The van der Waals surface area contributed by atoms with Crippen LogP contribution >= 0.6 is 69.6 Å². The van der Waals surface area contributed by atoms with E-state index in [4.69, 9.17) is 69.6 Å². The smallest absolute Gasteiger partial charge is 0.257 e. The van der Waals surface area contributed by atoms with Gasteiger partial charge in [0.15, 0.2) is 39.3 Å². The van der Waals surface area contributed by atoms with Gasteiger partial charge in [0.2, 0.25) is 0 Å². The van der Waals surface area contributed by atoms with Crippen LogP contribution in [-0.2, 0) is 39.3 Å². The third-order valence-corrected chi connectivity index (χ3v) is 26.7. The van der Waals surface area contributed by atoms with Crippen LogP contribution < -0.4 is 21.3 Å². The minimum absolute atomic E-state index is 0.0130. The van der Waals surface area contributed by atoms with Crippen molar-refractivity contribution in [3.63, 3.8) is 0 Å². The van der Waals surface area contributed by atoms with Crippen LogP contribution in [-0.4, -0.2) is 99.2 Å². The minimum atomic E-state index is -3.48. The molecule has 4 aromatic heterocycles. The number of carbonyl (C=O) groups excluding carboxylic acids is 4. The molecule has 30 heteroatoms. The van der Waals surface area contributed by atoms with Gasteiger partial charge in [-0.1, -0.05) is 108 Å². The predicted octanol–water partition coefficient (Wildman–Crippen LogP) is 20.2. The van der Waals surface area contributed by atoms with Gasteiger partial charge in [0.05, 0.1) is 106 Å². The molecule has 20 nitrogen and oxygen atoms in total. The zero-order valence-electron chi connectivity index (χ0n) is 61.3. The fourth-order valence-corrected chi connectivity index (χ4v) is 16.1. The third-order valence-electron chi connectivity index (χ3n) is 17.0. The molecule has 0 radical (unpaired) electrons. The number of aromatic nitrogens is 4. The molecule has 113 heavy (non-hydrogen) atoms. The minimum Gasteiger partial charge on any atom is -0.322 e. The summed E-state index contributed by atoms with van der Waals surface area (Å²) in [4.78, 5) is 68.2. The van der Waals surface area contributed by atoms with Gasteiger partial charge in [0.25, 0.3) is 23.6 Å². The van der Waals surface area contributed by atoms with Crippen LogP contribution in [0, 0.1) is 6.92 Å². The highest BCUT2D eigenvalue weighted by Gasteiger charge is 2.25. The predicted molar refractivity (Wildman–Crippen MR) is 451 cm³/mol. The summed E-state index contributed by atoms with van der Waals surface area (Å²) in [5, 5.41) is 12.2. The van der Waals surface area contributed by atoms with Crippen molar-refractivity contribution in [2.75, 3.05) is 32.8 Å². The molecule has 12 rings (SSSR count). The first-order valence-electron chi connectivity index (χ1n) is 34.4. The van der Waals surface area contributed by atoms with Crippen LogP contribution in [0.25, 0.3) is 45.0 Å². The summed E-state index contributed by atoms with van der Waals surface area (Å²) in [6.45, 7) is 11.3. The highest BCUT2D eigenvalue weighted by molar-refractivity contribution is 7.92. The van der Waals surface area contributed by atoms with E-state index in [1.54, 1.807) is 158 Å². The standard InChI is InChI=1S/C21H18Cl2N2O3S.2C21H19ClN2O3S.C20H16Cl2N2O3S/c1-13(2)29(27,28)15-7-8-16(19(23)12-15)21(26)25-14-6-9-18(22)17(11-14)20-5-3-4-10-24-20;1-14(2)28(26,27)17-9-6-15(7-10-17)21(25)24-16-8-11-19(22)18(13-16)20-5-3-4-12-23-20;1-3-28(26,27)16-8-9-17(14(2)12-16)21(25)24-15-7-10-19(22)18(13-15)20-6-4-5-11-23-20;1-2-28(26,27)14-7-8-15(18(22)12-14)20(25)24-13-6-9-17(21)16(11-13)19-5-3-4-10-23-19/h3-13H,1-2H3,(H,25,26);3-14H,1-2H3,(H,24,25);4-13H,3H2,1-2H3,(H,24,25);3-12H,2H2,1H3,(H,24,25). The third kappa shape index (κ3) is 22.4. The summed E-state index contributed by atoms with van der Waals surface area (Å²) < 4.78 is 96.9. The number of pyridine rings is 4. The molecular weight excluding hydrogens is 1640 g/mol. The lowest BCUT2D eigenvalue weighted by molar-refractivity contribution is 0.101. The van der Waals surface area contributed by atoms with E-state index >= 15 is 0 Å². The highest BCUT2D eigenvalue weighted by Crippen LogP contribution is 2.35. The Morgan fingerprint density at radius 1 is 0.319 bits per heavy atom. The number of halogens is 6. The molecule has 0 aliphatic heterocycles. The van der Waals surface area contributed by atoms with Crippen molar-refractivity contribution >= 4 is 155 Å². The first-order chi connectivity index (χ1) is 53.6. The van der Waals surface area contributed by atoms with Crippen molar-refractivity contribution in [1.29, 1.82) is 0 Å². The molecule has 0 bridgehead atoms. The zero-order chi connectivity index (χ0) is 82.1. The molecule has 4 heterocycles. The van der Waals surface area contributed by atoms with E-state index in [0.29, 0.717) is 105 Å². The molecular formula is C83H72Cl6N8O12S4. The molecule has 0 fully saturated rings. The Morgan fingerprint density at radius 3 is 0.903 bits per heavy atom. The lowest BCUT2D eigenvalue weighted by atomic mass is 10.1. The van der Waals surface area contributed by atoms with E-state index in [-0.39, 0.29) is 64.1 Å². The molecule has 0 aliphatic carbocycles. The van der Waals surface area contributed by atoms with Crippen LogP contribution in [0.5, 0.6) is 0 Å². The summed E-state index contributed by atoms with van der Waals surface area (Å²) in [5.41, 5.74) is 9.37. The molecule has 0 unspecified atom stereocenters. The topological polar surface area (TPSA) is 305 Å². The van der Waals surface area contributed by atoms with Gasteiger partial charge < -0.3 is 21.3 Å². The number of rotatable bonds is 20. The fraction of sp³-hybridized carbons (Fsp3) is 0.133. The SMILES string of the molecule is CC(C)S(=O)(=O)c1ccc(C(=O)Nc2ccc(Cl)c(-c3ccccn3)c2)c(Cl)c1.CC(C)S(=O)(=O)c1ccc(C(=O)Nc2ccc(Cl)c(-c3ccccn3)c2)cc1.CCS(=O)(=O)c1ccc(C(=O)Nc2ccc(Cl)c(-c3ccccn3)c2)c(C)c1.CCS(=O)(=O)c1ccc(C(=O)Nc2ccc(Cl)c(-c3ccccn3)c2)c(Cl)c1. The van der Waals surface area contributed by atoms with Crippen LogP contribution in [0.2, 0.25) is 30.1 Å². The molecule has 8 aromatic carbocycles. The molecule has 0 aliphatic rings. The van der Waals surface area contributed by atoms with Crippen LogP contribution in [0.3, 0.4) is 0 Å². The lowest BCUT2D eigenvalue weighted by Gasteiger charge is -2.12. The fourth-order valence-electron chi connectivity index (χ4n) is 10.6. The Morgan fingerprint density at radius 2 is 0.602 bits per heavy atom. The second-order valence-electron chi connectivity index (χ2n) is 25.2. The number of sulfone groups is 4. The van der Waals surface area contributed by atoms with E-state index in [2.05, 4.69) is 41.2 Å². The van der Waals surface area contributed by atoms with E-state index in [1.807, 2.05) is 60.7 Å². The van der Waals surface area contributed by atoms with Crippen molar-refractivity contribution < 1.29 is 52.8 Å². The molecule has 12 aromatic rings. The molecule has 0 saturated carbocycles. The maximum Gasteiger partial charge on any atom is 0.257 e. The molecule has 4 N–H and O–H groups in total. The molecule has 0 saturated heterocycles. The first-order valence-corrected chi connectivity index (χ1v) is 43.1. The van der Waals surface area contributed by atoms with E-state index in [0.717, 1.165) is 0 Å². The van der Waals surface area contributed by atoms with E-state index in [9.17, 15) is 52.8 Å². The maximum atomic E-state index is 12.7. The summed E-state index contributed by atoms with van der Waals surface area (Å²) in [6, 6.07) is 60.9. The average molecular weight is 1710 g/mol. The Bertz CT molecular complexity index is 5810. The molecule has 582 valence electrons. The quantitative estimate of drug-likeness (QED) is 0.0551. The van der Waals surface area contributed by atoms with Crippen molar-refractivity contribution in [3.05, 3.63) is 307 Å². The number of anilines is 4. The number of carbonyl (C=O) groups is 4. The van der Waals surface area contributed by atoms with Gasteiger partial charge in [0, 0.05) is 80.9 Å². The molecule has 4 amide bonds. The number of amides is 4. The van der Waals surface area contributed by atoms with Crippen molar-refractivity contribution in [1.82, 2.24) is 19.9 Å². The first kappa shape index (κ1) is 86.8. The van der Waals surface area contributed by atoms with Crippen molar-refractivity contribution in [2.24, 2.45) is 0 Å². The zero-order valence-corrected chi connectivity index (χ0v) is 69.1. The second-order valence-corrected chi connectivity index (χ2v) is 37.2. The lowest BCUT2D eigenvalue weighted by Crippen LogP contribution is -2.16. The summed E-state index contributed by atoms with van der Waals surface area (Å²) in [6.07, 6.45) is 6.65. The summed E-state index contributed by atoms with van der Waals surface area (Å²) >= 11 is 37.4. The number of nitrogens with zero attached hydrogens (tertiary/aromatic N) is 4. The van der Waals surface area contributed by atoms with Gasteiger partial charge in [-0.05, 0) is 240 Å². The normalized spacial score (nSPS) is 11.4. The molecule has 0 spiro atoms. The highest BCUT2D eigenvalue weighted by atomic mass is 35.5. The monoisotopic (exact) mass is 1710 g/mol. The average Bonchev–Trinajstić information content (AvgIpc) is 0.812. The van der Waals surface area contributed by atoms with Gasteiger partial charge in [0.1, 0.15) is 0 Å². The van der Waals surface area contributed by atoms with Crippen molar-refractivity contribution in [3.8, 4) is 45.0 Å². The Kier molecular flexibility index (Phi) is 29.6. The van der Waals surface area contributed by atoms with Gasteiger partial charge in [-0.2, -0.15) is 0 Å². The maximum absolute atomic E-state index is 12.7. The Hall–Kier alpha value is -10.2. The summed E-state index contributed by atoms with van der Waals surface area (Å²) in [7, 11) is -13.6. The number of nitrogens with one attached hydrogen (secondary N) is 4. The largest absolute Gasteiger partial charge is 0.322 e. The number of hydrogen-bond donors (Lipinski definition) is 4. The number of hydrogen-bond acceptors (Lipinski definition) is 16. The van der Waals surface area contributed by atoms with Gasteiger partial charge in [-0.15, -0.1) is 0 Å².